The second-order valence-electron chi connectivity index (χ2n) is 2.60. The summed E-state index contributed by atoms with van der Waals surface area (Å²) in [4.78, 5) is 2.27. The standard InChI is InChI=1S/C8H13NS2/c1-2-11-8(10)9-6-4-3-5-7-9/h2H,1,3-7H2. The van der Waals surface area contributed by atoms with Crippen molar-refractivity contribution in [2.45, 2.75) is 19.3 Å². The number of hydrogen-bond acceptors (Lipinski definition) is 2. The van der Waals surface area contributed by atoms with Crippen molar-refractivity contribution in [1.82, 2.24) is 4.90 Å². The Morgan fingerprint density at radius 3 is 2.55 bits per heavy atom. The first-order valence-electron chi connectivity index (χ1n) is 3.91. The van der Waals surface area contributed by atoms with Crippen LogP contribution < -0.4 is 0 Å². The number of nitrogens with zero attached hydrogens (tertiary/aromatic N) is 1. The highest BCUT2D eigenvalue weighted by atomic mass is 32.2. The lowest BCUT2D eigenvalue weighted by Crippen LogP contribution is -2.32. The van der Waals surface area contributed by atoms with Crippen LogP contribution in [0, 0.1) is 0 Å². The zero-order valence-electron chi connectivity index (χ0n) is 6.58. The van der Waals surface area contributed by atoms with Crippen LogP contribution in [0.25, 0.3) is 0 Å². The monoisotopic (exact) mass is 187 g/mol. The number of hydrogen-bond donors (Lipinski definition) is 0. The van der Waals surface area contributed by atoms with Gasteiger partial charge in [0.25, 0.3) is 0 Å². The zero-order valence-corrected chi connectivity index (χ0v) is 8.22. The van der Waals surface area contributed by atoms with Gasteiger partial charge in [0.15, 0.2) is 0 Å². The van der Waals surface area contributed by atoms with Crippen molar-refractivity contribution in [3.8, 4) is 0 Å². The maximum absolute atomic E-state index is 5.19. The van der Waals surface area contributed by atoms with Gasteiger partial charge in [0.1, 0.15) is 4.32 Å². The van der Waals surface area contributed by atoms with Crippen LogP contribution in [0.3, 0.4) is 0 Å². The lowest BCUT2D eigenvalue weighted by atomic mass is 10.1. The molecule has 0 aromatic heterocycles. The fourth-order valence-corrected chi connectivity index (χ4v) is 2.08. The molecule has 1 fully saturated rings. The topological polar surface area (TPSA) is 3.24 Å². The third-order valence-corrected chi connectivity index (χ3v) is 2.97. The van der Waals surface area contributed by atoms with E-state index in [0.29, 0.717) is 0 Å². The van der Waals surface area contributed by atoms with Crippen molar-refractivity contribution in [3.05, 3.63) is 12.0 Å². The van der Waals surface area contributed by atoms with Crippen molar-refractivity contribution in [3.63, 3.8) is 0 Å². The van der Waals surface area contributed by atoms with Gasteiger partial charge in [-0.1, -0.05) is 30.6 Å². The second-order valence-corrected chi connectivity index (χ2v) is 4.20. The Hall–Kier alpha value is -0.0200. The minimum atomic E-state index is 0.986. The molecular weight excluding hydrogens is 174 g/mol. The summed E-state index contributed by atoms with van der Waals surface area (Å²) in [6.45, 7) is 5.92. The Balaban J connectivity index is 2.32. The molecule has 0 aromatic carbocycles. The Morgan fingerprint density at radius 2 is 2.00 bits per heavy atom. The number of thiocarbonyl (C=S) groups is 1. The minimum Gasteiger partial charge on any atom is -0.357 e. The van der Waals surface area contributed by atoms with Crippen molar-refractivity contribution in [1.29, 1.82) is 0 Å². The second kappa shape index (κ2) is 4.78. The number of piperidine rings is 1. The van der Waals surface area contributed by atoms with Crippen LogP contribution in [-0.2, 0) is 0 Å². The van der Waals surface area contributed by atoms with E-state index in [9.17, 15) is 0 Å². The van der Waals surface area contributed by atoms with E-state index >= 15 is 0 Å². The van der Waals surface area contributed by atoms with Crippen molar-refractivity contribution < 1.29 is 0 Å². The molecule has 3 heteroatoms. The van der Waals surface area contributed by atoms with E-state index in [1.165, 1.54) is 19.3 Å². The lowest BCUT2D eigenvalue weighted by molar-refractivity contribution is 0.352. The Bertz CT molecular complexity index is 150. The SMILES string of the molecule is C=CSC(=S)N1CCCCC1. The molecule has 0 atom stereocenters. The largest absolute Gasteiger partial charge is 0.357 e. The third kappa shape index (κ3) is 2.83. The molecule has 0 saturated carbocycles. The van der Waals surface area contributed by atoms with Crippen molar-refractivity contribution in [2.24, 2.45) is 0 Å². The normalized spacial score (nSPS) is 18.0. The molecule has 0 amide bonds. The van der Waals surface area contributed by atoms with Crippen LogP contribution >= 0.6 is 24.0 Å². The average Bonchev–Trinajstić information content (AvgIpc) is 2.07. The van der Waals surface area contributed by atoms with Gasteiger partial charge in [0, 0.05) is 13.1 Å². The highest BCUT2D eigenvalue weighted by Gasteiger charge is 2.11. The van der Waals surface area contributed by atoms with Crippen molar-refractivity contribution >= 4 is 28.3 Å². The zero-order chi connectivity index (χ0) is 8.10. The first kappa shape index (κ1) is 9.07. The summed E-state index contributed by atoms with van der Waals surface area (Å²) in [7, 11) is 0. The van der Waals surface area contributed by atoms with Crippen molar-refractivity contribution in [2.75, 3.05) is 13.1 Å². The first-order chi connectivity index (χ1) is 5.34. The maximum Gasteiger partial charge on any atom is 0.140 e. The fourth-order valence-electron chi connectivity index (χ4n) is 1.22. The van der Waals surface area contributed by atoms with Gasteiger partial charge in [-0.2, -0.15) is 0 Å². The van der Waals surface area contributed by atoms with Gasteiger partial charge < -0.3 is 4.90 Å². The van der Waals surface area contributed by atoms with E-state index in [0.717, 1.165) is 17.4 Å². The molecule has 0 aliphatic carbocycles. The first-order valence-corrected chi connectivity index (χ1v) is 5.20. The molecule has 1 saturated heterocycles. The lowest BCUT2D eigenvalue weighted by Gasteiger charge is -2.27. The van der Waals surface area contributed by atoms with Gasteiger partial charge in [-0.05, 0) is 24.7 Å². The van der Waals surface area contributed by atoms with Crippen LogP contribution in [0.15, 0.2) is 12.0 Å². The van der Waals surface area contributed by atoms with E-state index in [4.69, 9.17) is 12.2 Å². The van der Waals surface area contributed by atoms with Gasteiger partial charge in [0.05, 0.1) is 0 Å². The van der Waals surface area contributed by atoms with E-state index in [1.54, 1.807) is 17.2 Å². The van der Waals surface area contributed by atoms with Gasteiger partial charge >= 0.3 is 0 Å². The van der Waals surface area contributed by atoms with E-state index < -0.39 is 0 Å². The molecule has 1 rings (SSSR count). The average molecular weight is 187 g/mol. The van der Waals surface area contributed by atoms with Gasteiger partial charge in [0.2, 0.25) is 0 Å². The van der Waals surface area contributed by atoms with E-state index in [1.807, 2.05) is 0 Å². The summed E-state index contributed by atoms with van der Waals surface area (Å²) in [5.74, 6) is 0. The van der Waals surface area contributed by atoms with Crippen LogP contribution in [0.4, 0.5) is 0 Å². The Morgan fingerprint density at radius 1 is 1.36 bits per heavy atom. The summed E-state index contributed by atoms with van der Waals surface area (Å²) in [6.07, 6.45) is 3.94. The molecule has 11 heavy (non-hydrogen) atoms. The number of rotatable bonds is 1. The summed E-state index contributed by atoms with van der Waals surface area (Å²) >= 11 is 6.75. The molecule has 1 aliphatic heterocycles. The van der Waals surface area contributed by atoms with Gasteiger partial charge in [-0.3, -0.25) is 0 Å². The molecule has 0 radical (unpaired) electrons. The highest BCUT2D eigenvalue weighted by Crippen LogP contribution is 2.15. The molecule has 0 unspecified atom stereocenters. The molecule has 0 N–H and O–H groups in total. The smallest absolute Gasteiger partial charge is 0.140 e. The summed E-state index contributed by atoms with van der Waals surface area (Å²) < 4.78 is 0.986. The molecule has 0 spiro atoms. The van der Waals surface area contributed by atoms with Crippen LogP contribution in [0.2, 0.25) is 0 Å². The molecule has 1 aliphatic rings. The third-order valence-electron chi connectivity index (χ3n) is 1.80. The Kier molecular flexibility index (Phi) is 3.94. The van der Waals surface area contributed by atoms with Gasteiger partial charge in [-0.25, -0.2) is 0 Å². The van der Waals surface area contributed by atoms with Crippen LogP contribution in [0.1, 0.15) is 19.3 Å². The molecule has 0 bridgehead atoms. The molecular formula is C8H13NS2. The summed E-state index contributed by atoms with van der Waals surface area (Å²) in [5.41, 5.74) is 0. The van der Waals surface area contributed by atoms with Gasteiger partial charge in [-0.15, -0.1) is 0 Å². The highest BCUT2D eigenvalue weighted by molar-refractivity contribution is 8.24. The van der Waals surface area contributed by atoms with E-state index in [-0.39, 0.29) is 0 Å². The predicted molar refractivity (Wildman–Crippen MR) is 55.8 cm³/mol. The predicted octanol–water partition coefficient (Wildman–Crippen LogP) is 2.63. The van der Waals surface area contributed by atoms with Crippen LogP contribution in [0.5, 0.6) is 0 Å². The molecule has 1 heterocycles. The quantitative estimate of drug-likeness (QED) is 0.581. The molecule has 1 nitrogen and oxygen atoms in total. The fraction of sp³-hybridized carbons (Fsp3) is 0.625. The molecule has 62 valence electrons. The number of thioether (sulfide) groups is 1. The minimum absolute atomic E-state index is 0.986. The van der Waals surface area contributed by atoms with E-state index in [2.05, 4.69) is 11.5 Å². The summed E-state index contributed by atoms with van der Waals surface area (Å²) in [5, 5.41) is 1.80. The maximum atomic E-state index is 5.19. The molecule has 0 aromatic rings. The van der Waals surface area contributed by atoms with Crippen LogP contribution in [-0.4, -0.2) is 22.3 Å². The Labute approximate surface area is 77.8 Å². The summed E-state index contributed by atoms with van der Waals surface area (Å²) in [6, 6.07) is 0. The number of likely N-dealkylation sites (tertiary alicyclic amines) is 1.